The third-order valence-corrected chi connectivity index (χ3v) is 2.57. The van der Waals surface area contributed by atoms with Gasteiger partial charge in [-0.2, -0.15) is 0 Å². The molecule has 1 heterocycles. The van der Waals surface area contributed by atoms with Crippen molar-refractivity contribution in [3.8, 4) is 5.75 Å². The minimum absolute atomic E-state index is 0.0533. The van der Waals surface area contributed by atoms with Crippen LogP contribution in [0.3, 0.4) is 0 Å². The van der Waals surface area contributed by atoms with Gasteiger partial charge < -0.3 is 19.6 Å². The molecule has 1 aromatic heterocycles. The maximum atomic E-state index is 10.7. The lowest BCUT2D eigenvalue weighted by Crippen LogP contribution is -2.05. The molecule has 106 valence electrons. The van der Waals surface area contributed by atoms with Gasteiger partial charge in [0.05, 0.1) is 12.6 Å². The van der Waals surface area contributed by atoms with Crippen LogP contribution >= 0.6 is 0 Å². The molecule has 0 aliphatic rings. The minimum Gasteiger partial charge on any atom is -0.491 e. The number of anilines is 1. The average molecular weight is 275 g/mol. The summed E-state index contributed by atoms with van der Waals surface area (Å²) in [6, 6.07) is 10.7. The fraction of sp³-hybridized carbons (Fsp3) is 0.267. The van der Waals surface area contributed by atoms with Crippen molar-refractivity contribution >= 4 is 11.7 Å². The van der Waals surface area contributed by atoms with Crippen LogP contribution < -0.4 is 10.1 Å². The van der Waals surface area contributed by atoms with E-state index >= 15 is 0 Å². The zero-order chi connectivity index (χ0) is 14.5. The maximum Gasteiger partial charge on any atom is 0.371 e. The Morgan fingerprint density at radius 2 is 1.95 bits per heavy atom. The third-order valence-electron chi connectivity index (χ3n) is 2.57. The number of ether oxygens (including phenoxy) is 1. The van der Waals surface area contributed by atoms with Crippen LogP contribution in [0.25, 0.3) is 0 Å². The highest BCUT2D eigenvalue weighted by atomic mass is 16.5. The summed E-state index contributed by atoms with van der Waals surface area (Å²) in [6.45, 7) is 4.38. The molecule has 2 N–H and O–H groups in total. The molecule has 0 amide bonds. The van der Waals surface area contributed by atoms with E-state index in [2.05, 4.69) is 5.32 Å². The van der Waals surface area contributed by atoms with E-state index in [9.17, 15) is 4.79 Å². The van der Waals surface area contributed by atoms with Crippen LogP contribution in [-0.4, -0.2) is 17.2 Å². The normalized spacial score (nSPS) is 10.6. The standard InChI is InChI=1S/C15H17NO4/c1-10(2)19-12-5-3-11(4-6-12)16-9-13-7-8-14(20-13)15(17)18/h3-8,10,16H,9H2,1-2H3,(H,17,18). The van der Waals surface area contributed by atoms with Crippen molar-refractivity contribution < 1.29 is 19.1 Å². The van der Waals surface area contributed by atoms with Gasteiger partial charge in [-0.25, -0.2) is 4.79 Å². The van der Waals surface area contributed by atoms with Gasteiger partial charge >= 0.3 is 5.97 Å². The van der Waals surface area contributed by atoms with Crippen molar-refractivity contribution in [2.75, 3.05) is 5.32 Å². The van der Waals surface area contributed by atoms with Gasteiger partial charge in [0, 0.05) is 5.69 Å². The van der Waals surface area contributed by atoms with Crippen molar-refractivity contribution in [3.63, 3.8) is 0 Å². The van der Waals surface area contributed by atoms with Crippen LogP contribution in [0.5, 0.6) is 5.75 Å². The maximum absolute atomic E-state index is 10.7. The molecule has 0 aliphatic carbocycles. The molecule has 0 saturated heterocycles. The van der Waals surface area contributed by atoms with Crippen LogP contribution in [0, 0.1) is 0 Å². The first kappa shape index (κ1) is 14.0. The number of carboxylic acid groups (broad SMARTS) is 1. The van der Waals surface area contributed by atoms with Crippen LogP contribution in [0.2, 0.25) is 0 Å². The van der Waals surface area contributed by atoms with Gasteiger partial charge in [0.2, 0.25) is 5.76 Å². The molecule has 0 saturated carbocycles. The summed E-state index contributed by atoms with van der Waals surface area (Å²) in [5, 5.41) is 11.9. The summed E-state index contributed by atoms with van der Waals surface area (Å²) in [5.74, 6) is 0.274. The van der Waals surface area contributed by atoms with Gasteiger partial charge in [-0.05, 0) is 50.2 Å². The number of hydrogen-bond acceptors (Lipinski definition) is 4. The SMILES string of the molecule is CC(C)Oc1ccc(NCc2ccc(C(=O)O)o2)cc1. The Morgan fingerprint density at radius 1 is 1.25 bits per heavy atom. The molecule has 0 unspecified atom stereocenters. The van der Waals surface area contributed by atoms with Crippen LogP contribution in [0.4, 0.5) is 5.69 Å². The zero-order valence-electron chi connectivity index (χ0n) is 11.4. The van der Waals surface area contributed by atoms with E-state index in [-0.39, 0.29) is 11.9 Å². The largest absolute Gasteiger partial charge is 0.491 e. The first-order valence-corrected chi connectivity index (χ1v) is 6.37. The Morgan fingerprint density at radius 3 is 2.50 bits per heavy atom. The number of carboxylic acids is 1. The molecule has 5 nitrogen and oxygen atoms in total. The second-order valence-electron chi connectivity index (χ2n) is 4.62. The van der Waals surface area contributed by atoms with Gasteiger partial charge in [0.15, 0.2) is 0 Å². The van der Waals surface area contributed by atoms with E-state index in [1.54, 1.807) is 6.07 Å². The van der Waals surface area contributed by atoms with E-state index in [0.29, 0.717) is 12.3 Å². The quantitative estimate of drug-likeness (QED) is 0.845. The topological polar surface area (TPSA) is 71.7 Å². The van der Waals surface area contributed by atoms with Gasteiger partial charge in [-0.3, -0.25) is 0 Å². The number of nitrogens with one attached hydrogen (secondary N) is 1. The van der Waals surface area contributed by atoms with Gasteiger partial charge in [-0.1, -0.05) is 0 Å². The van der Waals surface area contributed by atoms with Crippen molar-refractivity contribution in [1.29, 1.82) is 0 Å². The number of aromatic carboxylic acids is 1. The Labute approximate surface area is 117 Å². The molecule has 5 heteroatoms. The first-order chi connectivity index (χ1) is 9.54. The summed E-state index contributed by atoms with van der Waals surface area (Å²) in [4.78, 5) is 10.7. The summed E-state index contributed by atoms with van der Waals surface area (Å²) in [6.07, 6.45) is 0.145. The minimum atomic E-state index is -1.06. The summed E-state index contributed by atoms with van der Waals surface area (Å²) in [5.41, 5.74) is 0.911. The molecule has 0 radical (unpaired) electrons. The predicted octanol–water partition coefficient (Wildman–Crippen LogP) is 3.38. The smallest absolute Gasteiger partial charge is 0.371 e. The predicted molar refractivity (Wildman–Crippen MR) is 75.2 cm³/mol. The molecule has 1 aromatic carbocycles. The summed E-state index contributed by atoms with van der Waals surface area (Å²) >= 11 is 0. The second kappa shape index (κ2) is 6.14. The fourth-order valence-electron chi connectivity index (χ4n) is 1.70. The fourth-order valence-corrected chi connectivity index (χ4v) is 1.70. The van der Waals surface area contributed by atoms with E-state index < -0.39 is 5.97 Å². The van der Waals surface area contributed by atoms with E-state index in [0.717, 1.165) is 11.4 Å². The number of rotatable bonds is 6. The van der Waals surface area contributed by atoms with Crippen molar-refractivity contribution in [2.45, 2.75) is 26.5 Å². The van der Waals surface area contributed by atoms with E-state index in [1.807, 2.05) is 38.1 Å². The van der Waals surface area contributed by atoms with Crippen LogP contribution in [0.15, 0.2) is 40.8 Å². The first-order valence-electron chi connectivity index (χ1n) is 6.37. The highest BCUT2D eigenvalue weighted by molar-refractivity contribution is 5.84. The van der Waals surface area contributed by atoms with Crippen LogP contribution in [-0.2, 0) is 6.54 Å². The Bertz CT molecular complexity index is 572. The Kier molecular flexibility index (Phi) is 4.30. The van der Waals surface area contributed by atoms with Gasteiger partial charge in [-0.15, -0.1) is 0 Å². The summed E-state index contributed by atoms with van der Waals surface area (Å²) in [7, 11) is 0. The van der Waals surface area contributed by atoms with Crippen molar-refractivity contribution in [1.82, 2.24) is 0 Å². The molecule has 0 spiro atoms. The number of furan rings is 1. The molecule has 20 heavy (non-hydrogen) atoms. The Hall–Kier alpha value is -2.43. The molecule has 0 atom stereocenters. The van der Waals surface area contributed by atoms with Crippen molar-refractivity contribution in [2.24, 2.45) is 0 Å². The van der Waals surface area contributed by atoms with Gasteiger partial charge in [0.1, 0.15) is 11.5 Å². The average Bonchev–Trinajstić information content (AvgIpc) is 2.86. The lowest BCUT2D eigenvalue weighted by atomic mass is 10.3. The van der Waals surface area contributed by atoms with E-state index in [1.165, 1.54) is 6.07 Å². The summed E-state index contributed by atoms with van der Waals surface area (Å²) < 4.78 is 10.7. The molecule has 0 fully saturated rings. The monoisotopic (exact) mass is 275 g/mol. The van der Waals surface area contributed by atoms with Crippen molar-refractivity contribution in [3.05, 3.63) is 47.9 Å². The third kappa shape index (κ3) is 3.78. The number of carbonyl (C=O) groups is 1. The molecule has 0 aliphatic heterocycles. The van der Waals surface area contributed by atoms with E-state index in [4.69, 9.17) is 14.3 Å². The molecular weight excluding hydrogens is 258 g/mol. The zero-order valence-corrected chi connectivity index (χ0v) is 11.4. The van der Waals surface area contributed by atoms with Crippen LogP contribution in [0.1, 0.15) is 30.2 Å². The number of hydrogen-bond donors (Lipinski definition) is 2. The molecule has 2 rings (SSSR count). The lowest BCUT2D eigenvalue weighted by Gasteiger charge is -2.10. The highest BCUT2D eigenvalue weighted by Crippen LogP contribution is 2.18. The highest BCUT2D eigenvalue weighted by Gasteiger charge is 2.08. The molecule has 0 bridgehead atoms. The molecule has 2 aromatic rings. The van der Waals surface area contributed by atoms with Gasteiger partial charge in [0.25, 0.3) is 0 Å². The number of benzene rings is 1. The second-order valence-corrected chi connectivity index (χ2v) is 4.62. The lowest BCUT2D eigenvalue weighted by molar-refractivity contribution is 0.0660. The Balaban J connectivity index is 1.91. The molecular formula is C15H17NO4.